The Labute approximate surface area is 134 Å². The second kappa shape index (κ2) is 8.28. The van der Waals surface area contributed by atoms with E-state index >= 15 is 0 Å². The van der Waals surface area contributed by atoms with E-state index in [1.165, 1.54) is 32.1 Å². The van der Waals surface area contributed by atoms with Crippen LogP contribution in [0.2, 0.25) is 0 Å². The summed E-state index contributed by atoms with van der Waals surface area (Å²) < 4.78 is 16.2. The molecule has 0 bridgehead atoms. The van der Waals surface area contributed by atoms with E-state index in [2.05, 4.69) is 12.2 Å². The van der Waals surface area contributed by atoms with Crippen LogP contribution in [0.3, 0.4) is 0 Å². The molecule has 1 N–H and O–H groups in total. The molecule has 1 aliphatic rings. The highest BCUT2D eigenvalue weighted by atomic mass is 16.5. The largest absolute Gasteiger partial charge is 0.493 e. The molecule has 4 heteroatoms. The van der Waals surface area contributed by atoms with Crippen molar-refractivity contribution in [2.24, 2.45) is 5.92 Å². The van der Waals surface area contributed by atoms with Gasteiger partial charge in [0.25, 0.3) is 0 Å². The lowest BCUT2D eigenvalue weighted by Gasteiger charge is -2.25. The predicted octanol–water partition coefficient (Wildman–Crippen LogP) is 3.94. The first-order valence-corrected chi connectivity index (χ1v) is 8.22. The number of hydrogen-bond donors (Lipinski definition) is 1. The average molecular weight is 307 g/mol. The number of methoxy groups -OCH3 is 3. The van der Waals surface area contributed by atoms with Crippen molar-refractivity contribution < 1.29 is 14.2 Å². The summed E-state index contributed by atoms with van der Waals surface area (Å²) in [5.74, 6) is 2.89. The minimum absolute atomic E-state index is 0.260. The molecule has 0 heterocycles. The lowest BCUT2D eigenvalue weighted by Crippen LogP contribution is -2.27. The molecule has 1 aromatic rings. The number of hydrogen-bond acceptors (Lipinski definition) is 4. The molecule has 2 rings (SSSR count). The monoisotopic (exact) mass is 307 g/mol. The maximum atomic E-state index is 5.43. The Bertz CT molecular complexity index is 444. The SMILES string of the molecule is COc1cc(C(C)NCC2CCCCC2)cc(OC)c1OC. The number of ether oxygens (including phenoxy) is 3. The molecule has 124 valence electrons. The first-order chi connectivity index (χ1) is 10.7. The van der Waals surface area contributed by atoms with Crippen molar-refractivity contribution in [1.82, 2.24) is 5.32 Å². The Hall–Kier alpha value is -1.42. The molecule has 1 aliphatic carbocycles. The van der Waals surface area contributed by atoms with Crippen LogP contribution in [0.15, 0.2) is 12.1 Å². The van der Waals surface area contributed by atoms with Crippen molar-refractivity contribution >= 4 is 0 Å². The first kappa shape index (κ1) is 16.9. The highest BCUT2D eigenvalue weighted by molar-refractivity contribution is 5.54. The summed E-state index contributed by atoms with van der Waals surface area (Å²) in [7, 11) is 4.94. The summed E-state index contributed by atoms with van der Waals surface area (Å²) in [6.45, 7) is 3.27. The zero-order chi connectivity index (χ0) is 15.9. The van der Waals surface area contributed by atoms with Crippen molar-refractivity contribution in [2.75, 3.05) is 27.9 Å². The second-order valence-electron chi connectivity index (χ2n) is 6.09. The molecular formula is C18H29NO3. The lowest BCUT2D eigenvalue weighted by atomic mass is 9.89. The van der Waals surface area contributed by atoms with Gasteiger partial charge in [-0.15, -0.1) is 0 Å². The summed E-state index contributed by atoms with van der Waals surface area (Å²) in [5.41, 5.74) is 1.16. The third-order valence-electron chi connectivity index (χ3n) is 4.62. The fourth-order valence-electron chi connectivity index (χ4n) is 3.20. The van der Waals surface area contributed by atoms with Gasteiger partial charge in [0.1, 0.15) is 0 Å². The summed E-state index contributed by atoms with van der Waals surface area (Å²) in [5, 5.41) is 3.66. The van der Waals surface area contributed by atoms with Gasteiger partial charge in [0.15, 0.2) is 11.5 Å². The van der Waals surface area contributed by atoms with Crippen molar-refractivity contribution in [3.8, 4) is 17.2 Å². The zero-order valence-corrected chi connectivity index (χ0v) is 14.3. The summed E-state index contributed by atoms with van der Waals surface area (Å²) in [6, 6.07) is 4.32. The van der Waals surface area contributed by atoms with Crippen LogP contribution in [0.1, 0.15) is 50.6 Å². The molecule has 0 radical (unpaired) electrons. The molecule has 1 unspecified atom stereocenters. The number of nitrogens with one attached hydrogen (secondary N) is 1. The fraction of sp³-hybridized carbons (Fsp3) is 0.667. The van der Waals surface area contributed by atoms with E-state index in [0.717, 1.165) is 18.0 Å². The molecular weight excluding hydrogens is 278 g/mol. The van der Waals surface area contributed by atoms with Gasteiger partial charge in [-0.25, -0.2) is 0 Å². The van der Waals surface area contributed by atoms with E-state index in [-0.39, 0.29) is 6.04 Å². The molecule has 1 saturated carbocycles. The zero-order valence-electron chi connectivity index (χ0n) is 14.3. The van der Waals surface area contributed by atoms with Crippen LogP contribution < -0.4 is 19.5 Å². The molecule has 1 aromatic carbocycles. The average Bonchev–Trinajstić information content (AvgIpc) is 2.59. The van der Waals surface area contributed by atoms with Crippen LogP contribution in [0, 0.1) is 5.92 Å². The van der Waals surface area contributed by atoms with Gasteiger partial charge in [0.2, 0.25) is 5.75 Å². The van der Waals surface area contributed by atoms with E-state index in [0.29, 0.717) is 17.2 Å². The van der Waals surface area contributed by atoms with Crippen LogP contribution in [0.25, 0.3) is 0 Å². The molecule has 0 saturated heterocycles. The van der Waals surface area contributed by atoms with Gasteiger partial charge in [0, 0.05) is 6.04 Å². The van der Waals surface area contributed by atoms with Gasteiger partial charge in [-0.2, -0.15) is 0 Å². The molecule has 0 spiro atoms. The normalized spacial score (nSPS) is 17.1. The predicted molar refractivity (Wildman–Crippen MR) is 89.1 cm³/mol. The Morgan fingerprint density at radius 3 is 2.09 bits per heavy atom. The topological polar surface area (TPSA) is 39.7 Å². The maximum absolute atomic E-state index is 5.43. The number of benzene rings is 1. The summed E-state index contributed by atoms with van der Waals surface area (Å²) >= 11 is 0. The second-order valence-corrected chi connectivity index (χ2v) is 6.09. The molecule has 22 heavy (non-hydrogen) atoms. The lowest BCUT2D eigenvalue weighted by molar-refractivity contribution is 0.320. The molecule has 1 fully saturated rings. The molecule has 1 atom stereocenters. The Morgan fingerprint density at radius 1 is 1.00 bits per heavy atom. The maximum Gasteiger partial charge on any atom is 0.203 e. The van der Waals surface area contributed by atoms with E-state index in [1.807, 2.05) is 12.1 Å². The minimum atomic E-state index is 0.260. The van der Waals surface area contributed by atoms with Gasteiger partial charge in [-0.3, -0.25) is 0 Å². The van der Waals surface area contributed by atoms with E-state index in [4.69, 9.17) is 14.2 Å². The summed E-state index contributed by atoms with van der Waals surface area (Å²) in [4.78, 5) is 0. The van der Waals surface area contributed by atoms with E-state index in [9.17, 15) is 0 Å². The van der Waals surface area contributed by atoms with E-state index < -0.39 is 0 Å². The highest BCUT2D eigenvalue weighted by Gasteiger charge is 2.18. The summed E-state index contributed by atoms with van der Waals surface area (Å²) in [6.07, 6.45) is 6.87. The van der Waals surface area contributed by atoms with E-state index in [1.54, 1.807) is 21.3 Å². The highest BCUT2D eigenvalue weighted by Crippen LogP contribution is 2.39. The van der Waals surface area contributed by atoms with Gasteiger partial charge in [0.05, 0.1) is 21.3 Å². The molecule has 0 aromatic heterocycles. The van der Waals surface area contributed by atoms with Gasteiger partial charge in [-0.1, -0.05) is 19.3 Å². The molecule has 0 aliphatic heterocycles. The van der Waals surface area contributed by atoms with Crippen molar-refractivity contribution in [3.05, 3.63) is 17.7 Å². The minimum Gasteiger partial charge on any atom is -0.493 e. The van der Waals surface area contributed by atoms with Gasteiger partial charge in [-0.05, 0) is 49.9 Å². The molecule has 0 amide bonds. The Kier molecular flexibility index (Phi) is 6.37. The first-order valence-electron chi connectivity index (χ1n) is 8.22. The van der Waals surface area contributed by atoms with Crippen LogP contribution >= 0.6 is 0 Å². The van der Waals surface area contributed by atoms with Crippen molar-refractivity contribution in [1.29, 1.82) is 0 Å². The number of rotatable bonds is 7. The standard InChI is InChI=1S/C18H29NO3/c1-13(19-12-14-8-6-5-7-9-14)15-10-16(20-2)18(22-4)17(11-15)21-3/h10-11,13-14,19H,5-9,12H2,1-4H3. The van der Waals surface area contributed by atoms with Crippen LogP contribution in [0.5, 0.6) is 17.2 Å². The smallest absolute Gasteiger partial charge is 0.203 e. The Balaban J connectivity index is 2.06. The van der Waals surface area contributed by atoms with Crippen LogP contribution in [-0.4, -0.2) is 27.9 Å². The third-order valence-corrected chi connectivity index (χ3v) is 4.62. The third kappa shape index (κ3) is 4.07. The molecule has 4 nitrogen and oxygen atoms in total. The fourth-order valence-corrected chi connectivity index (χ4v) is 3.20. The Morgan fingerprint density at radius 2 is 1.59 bits per heavy atom. The van der Waals surface area contributed by atoms with Crippen LogP contribution in [0.4, 0.5) is 0 Å². The van der Waals surface area contributed by atoms with Gasteiger partial charge >= 0.3 is 0 Å². The quantitative estimate of drug-likeness (QED) is 0.828. The van der Waals surface area contributed by atoms with Gasteiger partial charge < -0.3 is 19.5 Å². The van der Waals surface area contributed by atoms with Crippen molar-refractivity contribution in [2.45, 2.75) is 45.1 Å². The van der Waals surface area contributed by atoms with Crippen LogP contribution in [-0.2, 0) is 0 Å². The van der Waals surface area contributed by atoms with Crippen molar-refractivity contribution in [3.63, 3.8) is 0 Å².